The Bertz CT molecular complexity index is 341. The lowest BCUT2D eigenvalue weighted by atomic mass is 10.1. The molecule has 2 aromatic carbocycles. The largest absolute Gasteiger partial charge is 0.382 e. The fraction of sp³-hybridized carbons (Fsp3) is 0.250. The molecule has 0 aromatic heterocycles. The van der Waals surface area contributed by atoms with E-state index in [1.54, 1.807) is 0 Å². The Balaban J connectivity index is 0.000000249. The Hall–Kier alpha value is -1.60. The van der Waals surface area contributed by atoms with Crippen molar-refractivity contribution in [1.29, 1.82) is 0 Å². The number of hydrogen-bond acceptors (Lipinski definition) is 1. The molecule has 0 heterocycles. The van der Waals surface area contributed by atoms with E-state index < -0.39 is 0 Å². The molecule has 0 bridgehead atoms. The molecule has 2 rings (SSSR count). The molecule has 0 unspecified atom stereocenters. The summed E-state index contributed by atoms with van der Waals surface area (Å²) in [5.74, 6) is 0. The zero-order valence-electron chi connectivity index (χ0n) is 10.6. The Labute approximate surface area is 104 Å². The molecule has 2 aromatic rings. The quantitative estimate of drug-likeness (QED) is 0.756. The van der Waals surface area contributed by atoms with Crippen LogP contribution in [0.5, 0.6) is 0 Å². The highest BCUT2D eigenvalue weighted by Crippen LogP contribution is 2.17. The minimum atomic E-state index is 0.844. The van der Waals surface area contributed by atoms with E-state index in [1.807, 2.05) is 26.0 Å². The van der Waals surface area contributed by atoms with Gasteiger partial charge in [-0.25, -0.2) is 0 Å². The molecule has 0 saturated heterocycles. The fourth-order valence-electron chi connectivity index (χ4n) is 1.47. The number of benzene rings is 2. The summed E-state index contributed by atoms with van der Waals surface area (Å²) in [6.07, 6.45) is 0. The van der Waals surface area contributed by atoms with Crippen LogP contribution in [0.3, 0.4) is 0 Å². The standard InChI is InChI=1S/C12H10.C4H10O/c1-3-7-11(8-4-1)12-9-5-2-6-10-12;1-3-5-4-2/h1-10H;3-4H2,1-2H3. The van der Waals surface area contributed by atoms with E-state index >= 15 is 0 Å². The first kappa shape index (κ1) is 13.5. The van der Waals surface area contributed by atoms with Crippen molar-refractivity contribution in [3.63, 3.8) is 0 Å². The average Bonchev–Trinajstić information content (AvgIpc) is 2.42. The van der Waals surface area contributed by atoms with E-state index in [0.29, 0.717) is 0 Å². The molecule has 1 heteroatoms. The molecule has 1 nitrogen and oxygen atoms in total. The average molecular weight is 228 g/mol. The van der Waals surface area contributed by atoms with Gasteiger partial charge < -0.3 is 4.74 Å². The Morgan fingerprint density at radius 3 is 1.24 bits per heavy atom. The number of hydrogen-bond donors (Lipinski definition) is 0. The van der Waals surface area contributed by atoms with Gasteiger partial charge in [0.2, 0.25) is 0 Å². The monoisotopic (exact) mass is 228 g/mol. The second-order valence-corrected chi connectivity index (χ2v) is 3.51. The molecule has 0 amide bonds. The molecule has 0 spiro atoms. The van der Waals surface area contributed by atoms with Gasteiger partial charge in [0.1, 0.15) is 0 Å². The summed E-state index contributed by atoms with van der Waals surface area (Å²) in [6.45, 7) is 5.67. The summed E-state index contributed by atoms with van der Waals surface area (Å²) in [5.41, 5.74) is 2.55. The van der Waals surface area contributed by atoms with Crippen molar-refractivity contribution in [1.82, 2.24) is 0 Å². The predicted molar refractivity (Wildman–Crippen MR) is 74.0 cm³/mol. The van der Waals surface area contributed by atoms with Gasteiger partial charge in [-0.3, -0.25) is 0 Å². The van der Waals surface area contributed by atoms with Gasteiger partial charge in [-0.05, 0) is 25.0 Å². The van der Waals surface area contributed by atoms with Crippen LogP contribution in [0.1, 0.15) is 13.8 Å². The molecule has 0 N–H and O–H groups in total. The van der Waals surface area contributed by atoms with Gasteiger partial charge in [0.15, 0.2) is 0 Å². The molecule has 0 fully saturated rings. The van der Waals surface area contributed by atoms with E-state index in [0.717, 1.165) is 13.2 Å². The number of ether oxygens (including phenoxy) is 1. The summed E-state index contributed by atoms with van der Waals surface area (Å²) in [5, 5.41) is 0. The summed E-state index contributed by atoms with van der Waals surface area (Å²) in [7, 11) is 0. The van der Waals surface area contributed by atoms with Gasteiger partial charge in [0.25, 0.3) is 0 Å². The maximum atomic E-state index is 4.83. The number of rotatable bonds is 3. The SMILES string of the molecule is CCOCC.c1ccc(-c2ccccc2)cc1. The van der Waals surface area contributed by atoms with Crippen molar-refractivity contribution in [2.45, 2.75) is 13.8 Å². The van der Waals surface area contributed by atoms with E-state index in [-0.39, 0.29) is 0 Å². The lowest BCUT2D eigenvalue weighted by molar-refractivity contribution is 0.162. The first-order chi connectivity index (χ1) is 8.38. The lowest BCUT2D eigenvalue weighted by Crippen LogP contribution is -1.84. The van der Waals surface area contributed by atoms with Crippen LogP contribution in [-0.4, -0.2) is 13.2 Å². The third-order valence-corrected chi connectivity index (χ3v) is 2.29. The van der Waals surface area contributed by atoms with Crippen molar-refractivity contribution >= 4 is 0 Å². The maximum absolute atomic E-state index is 4.83. The van der Waals surface area contributed by atoms with Crippen molar-refractivity contribution in [3.05, 3.63) is 60.7 Å². The topological polar surface area (TPSA) is 9.23 Å². The Morgan fingerprint density at radius 2 is 1.00 bits per heavy atom. The van der Waals surface area contributed by atoms with E-state index in [1.165, 1.54) is 11.1 Å². The minimum absolute atomic E-state index is 0.844. The van der Waals surface area contributed by atoms with Crippen LogP contribution in [0.15, 0.2) is 60.7 Å². The highest BCUT2D eigenvalue weighted by Gasteiger charge is 1.91. The second-order valence-electron chi connectivity index (χ2n) is 3.51. The first-order valence-electron chi connectivity index (χ1n) is 6.06. The molecule has 17 heavy (non-hydrogen) atoms. The zero-order valence-corrected chi connectivity index (χ0v) is 10.6. The molecule has 0 atom stereocenters. The Morgan fingerprint density at radius 1 is 0.647 bits per heavy atom. The van der Waals surface area contributed by atoms with Crippen molar-refractivity contribution in [2.24, 2.45) is 0 Å². The highest BCUT2D eigenvalue weighted by atomic mass is 16.5. The van der Waals surface area contributed by atoms with Crippen LogP contribution in [0, 0.1) is 0 Å². The third-order valence-electron chi connectivity index (χ3n) is 2.29. The Kier molecular flexibility index (Phi) is 6.76. The molecular weight excluding hydrogens is 208 g/mol. The first-order valence-corrected chi connectivity index (χ1v) is 6.06. The van der Waals surface area contributed by atoms with Gasteiger partial charge in [-0.1, -0.05) is 60.7 Å². The smallest absolute Gasteiger partial charge is 0.0437 e. The van der Waals surface area contributed by atoms with Crippen LogP contribution in [-0.2, 0) is 4.74 Å². The molecule has 0 aliphatic rings. The highest BCUT2D eigenvalue weighted by molar-refractivity contribution is 5.62. The third kappa shape index (κ3) is 5.32. The van der Waals surface area contributed by atoms with Crippen LogP contribution in [0.25, 0.3) is 11.1 Å². The molecule has 0 aliphatic heterocycles. The summed E-state index contributed by atoms with van der Waals surface area (Å²) in [4.78, 5) is 0. The van der Waals surface area contributed by atoms with Gasteiger partial charge in [0, 0.05) is 13.2 Å². The second kappa shape index (κ2) is 8.54. The van der Waals surface area contributed by atoms with Gasteiger partial charge in [-0.2, -0.15) is 0 Å². The molecular formula is C16H20O. The van der Waals surface area contributed by atoms with Crippen LogP contribution in [0.2, 0.25) is 0 Å². The van der Waals surface area contributed by atoms with Crippen LogP contribution < -0.4 is 0 Å². The zero-order chi connectivity index (χ0) is 12.3. The van der Waals surface area contributed by atoms with Crippen LogP contribution >= 0.6 is 0 Å². The summed E-state index contributed by atoms with van der Waals surface area (Å²) < 4.78 is 4.83. The molecule has 0 saturated carbocycles. The van der Waals surface area contributed by atoms with E-state index in [9.17, 15) is 0 Å². The maximum Gasteiger partial charge on any atom is 0.0437 e. The van der Waals surface area contributed by atoms with Gasteiger partial charge in [0.05, 0.1) is 0 Å². The predicted octanol–water partition coefficient (Wildman–Crippen LogP) is 4.40. The summed E-state index contributed by atoms with van der Waals surface area (Å²) >= 11 is 0. The van der Waals surface area contributed by atoms with E-state index in [2.05, 4.69) is 48.5 Å². The molecule has 0 aliphatic carbocycles. The molecule has 90 valence electrons. The van der Waals surface area contributed by atoms with Gasteiger partial charge in [-0.15, -0.1) is 0 Å². The van der Waals surface area contributed by atoms with Gasteiger partial charge >= 0.3 is 0 Å². The van der Waals surface area contributed by atoms with Crippen molar-refractivity contribution < 1.29 is 4.74 Å². The van der Waals surface area contributed by atoms with Crippen molar-refractivity contribution in [2.75, 3.05) is 13.2 Å². The van der Waals surface area contributed by atoms with E-state index in [4.69, 9.17) is 4.74 Å². The van der Waals surface area contributed by atoms with Crippen LogP contribution in [0.4, 0.5) is 0 Å². The molecule has 0 radical (unpaired) electrons. The van der Waals surface area contributed by atoms with Crippen molar-refractivity contribution in [3.8, 4) is 11.1 Å². The summed E-state index contributed by atoms with van der Waals surface area (Å²) in [6, 6.07) is 20.8. The normalized spacial score (nSPS) is 9.29. The fourth-order valence-corrected chi connectivity index (χ4v) is 1.47. The minimum Gasteiger partial charge on any atom is -0.382 e. The lowest BCUT2D eigenvalue weighted by Gasteiger charge is -1.98.